The highest BCUT2D eigenvalue weighted by Gasteiger charge is 2.32. The Bertz CT molecular complexity index is 263. The zero-order chi connectivity index (χ0) is 11.3. The fraction of sp³-hybridized carbons (Fsp3) is 0.818. The molecule has 1 saturated carbocycles. The zero-order valence-corrected chi connectivity index (χ0v) is 9.33. The number of carbonyl (C=O) groups is 1. The molecule has 1 aliphatic rings. The summed E-state index contributed by atoms with van der Waals surface area (Å²) in [5, 5.41) is 8.42. The van der Waals surface area contributed by atoms with Crippen LogP contribution in [-0.4, -0.2) is 29.9 Å². The van der Waals surface area contributed by atoms with E-state index in [2.05, 4.69) is 0 Å². The van der Waals surface area contributed by atoms with Crippen LogP contribution in [0.15, 0.2) is 0 Å². The second-order valence-electron chi connectivity index (χ2n) is 4.47. The number of amides is 1. The van der Waals surface area contributed by atoms with E-state index in [4.69, 9.17) is 11.0 Å². The van der Waals surface area contributed by atoms with E-state index in [0.717, 1.165) is 25.7 Å². The Balaban J connectivity index is 2.37. The predicted octanol–water partition coefficient (Wildman–Crippen LogP) is 1.02. The maximum Gasteiger partial charge on any atom is 0.224 e. The van der Waals surface area contributed by atoms with Gasteiger partial charge in [-0.05, 0) is 12.8 Å². The molecule has 0 bridgehead atoms. The van der Waals surface area contributed by atoms with Gasteiger partial charge in [0.15, 0.2) is 0 Å². The summed E-state index contributed by atoms with van der Waals surface area (Å²) in [4.78, 5) is 13.4. The van der Waals surface area contributed by atoms with Crippen molar-refractivity contribution in [3.05, 3.63) is 0 Å². The molecule has 0 heterocycles. The van der Waals surface area contributed by atoms with Crippen molar-refractivity contribution in [2.75, 3.05) is 13.6 Å². The Morgan fingerprint density at radius 1 is 1.53 bits per heavy atom. The van der Waals surface area contributed by atoms with Gasteiger partial charge in [-0.3, -0.25) is 4.79 Å². The lowest BCUT2D eigenvalue weighted by atomic mass is 9.94. The van der Waals surface area contributed by atoms with Crippen LogP contribution in [0.5, 0.6) is 0 Å². The quantitative estimate of drug-likeness (QED) is 0.751. The highest BCUT2D eigenvalue weighted by Crippen LogP contribution is 2.30. The minimum Gasteiger partial charge on any atom is -0.345 e. The van der Waals surface area contributed by atoms with Crippen molar-refractivity contribution in [3.8, 4) is 6.07 Å². The molecular formula is C11H19N3O. The van der Waals surface area contributed by atoms with Gasteiger partial charge in [0, 0.05) is 25.6 Å². The molecule has 1 aliphatic carbocycles. The Hall–Kier alpha value is -1.08. The van der Waals surface area contributed by atoms with Crippen LogP contribution >= 0.6 is 0 Å². The summed E-state index contributed by atoms with van der Waals surface area (Å²) in [5.41, 5.74) is 5.83. The molecule has 0 spiro atoms. The van der Waals surface area contributed by atoms with Crippen molar-refractivity contribution in [1.82, 2.24) is 4.90 Å². The summed E-state index contributed by atoms with van der Waals surface area (Å²) in [6.07, 6.45) is 4.97. The standard InChI is InChI=1S/C11H19N3O/c1-14(8-4-7-12)10(15)9-11(13)5-2-3-6-11/h2-6,8-9,13H2,1H3. The highest BCUT2D eigenvalue weighted by atomic mass is 16.2. The summed E-state index contributed by atoms with van der Waals surface area (Å²) < 4.78 is 0. The molecule has 1 fully saturated rings. The molecule has 1 amide bonds. The van der Waals surface area contributed by atoms with Gasteiger partial charge in [-0.25, -0.2) is 0 Å². The van der Waals surface area contributed by atoms with E-state index in [1.165, 1.54) is 0 Å². The van der Waals surface area contributed by atoms with Crippen molar-refractivity contribution in [2.24, 2.45) is 5.73 Å². The lowest BCUT2D eigenvalue weighted by molar-refractivity contribution is -0.131. The monoisotopic (exact) mass is 209 g/mol. The lowest BCUT2D eigenvalue weighted by Crippen LogP contribution is -2.42. The van der Waals surface area contributed by atoms with Gasteiger partial charge < -0.3 is 10.6 Å². The van der Waals surface area contributed by atoms with E-state index in [1.807, 2.05) is 6.07 Å². The summed E-state index contributed by atoms with van der Waals surface area (Å²) >= 11 is 0. The molecule has 0 saturated heterocycles. The van der Waals surface area contributed by atoms with Crippen LogP contribution in [0.2, 0.25) is 0 Å². The third-order valence-electron chi connectivity index (χ3n) is 3.09. The molecule has 0 aromatic carbocycles. The number of carbonyl (C=O) groups excluding carboxylic acids is 1. The van der Waals surface area contributed by atoms with Gasteiger partial charge in [0.2, 0.25) is 5.91 Å². The molecule has 0 atom stereocenters. The maximum absolute atomic E-state index is 11.7. The number of nitrogens with two attached hydrogens (primary N) is 1. The molecular weight excluding hydrogens is 190 g/mol. The summed E-state index contributed by atoms with van der Waals surface area (Å²) in [5.74, 6) is 0.0645. The molecule has 0 unspecified atom stereocenters. The second kappa shape index (κ2) is 5.13. The first-order chi connectivity index (χ1) is 7.07. The first-order valence-electron chi connectivity index (χ1n) is 5.47. The Labute approximate surface area is 91.0 Å². The molecule has 4 nitrogen and oxygen atoms in total. The van der Waals surface area contributed by atoms with E-state index in [0.29, 0.717) is 19.4 Å². The van der Waals surface area contributed by atoms with E-state index in [1.54, 1.807) is 11.9 Å². The first kappa shape index (κ1) is 12.0. The second-order valence-corrected chi connectivity index (χ2v) is 4.47. The smallest absolute Gasteiger partial charge is 0.224 e. The van der Waals surface area contributed by atoms with Gasteiger partial charge in [-0.2, -0.15) is 5.26 Å². The van der Waals surface area contributed by atoms with Gasteiger partial charge in [-0.1, -0.05) is 12.8 Å². The normalized spacial score (nSPS) is 18.5. The van der Waals surface area contributed by atoms with Crippen molar-refractivity contribution in [3.63, 3.8) is 0 Å². The summed E-state index contributed by atoms with van der Waals surface area (Å²) in [6.45, 7) is 0.505. The average molecular weight is 209 g/mol. The van der Waals surface area contributed by atoms with Crippen LogP contribution in [0.3, 0.4) is 0 Å². The Morgan fingerprint density at radius 3 is 2.67 bits per heavy atom. The number of hydrogen-bond acceptors (Lipinski definition) is 3. The predicted molar refractivity (Wildman–Crippen MR) is 57.9 cm³/mol. The topological polar surface area (TPSA) is 70.1 Å². The third kappa shape index (κ3) is 3.52. The number of nitriles is 1. The fourth-order valence-corrected chi connectivity index (χ4v) is 2.03. The van der Waals surface area contributed by atoms with Crippen LogP contribution in [0.1, 0.15) is 38.5 Å². The van der Waals surface area contributed by atoms with E-state index in [9.17, 15) is 4.79 Å². The first-order valence-corrected chi connectivity index (χ1v) is 5.47. The van der Waals surface area contributed by atoms with Gasteiger partial charge in [-0.15, -0.1) is 0 Å². The molecule has 84 valence electrons. The number of nitrogens with zero attached hydrogens (tertiary/aromatic N) is 2. The van der Waals surface area contributed by atoms with Gasteiger partial charge in [0.1, 0.15) is 0 Å². The molecule has 0 radical (unpaired) electrons. The number of rotatable bonds is 4. The van der Waals surface area contributed by atoms with Crippen LogP contribution in [0.25, 0.3) is 0 Å². The van der Waals surface area contributed by atoms with Crippen molar-refractivity contribution < 1.29 is 4.79 Å². The zero-order valence-electron chi connectivity index (χ0n) is 9.33. The van der Waals surface area contributed by atoms with Crippen LogP contribution in [0, 0.1) is 11.3 Å². The highest BCUT2D eigenvalue weighted by molar-refractivity contribution is 5.77. The minimum absolute atomic E-state index is 0.0645. The summed E-state index contributed by atoms with van der Waals surface area (Å²) in [7, 11) is 1.73. The molecule has 2 N–H and O–H groups in total. The van der Waals surface area contributed by atoms with Gasteiger partial charge in [0.05, 0.1) is 12.5 Å². The van der Waals surface area contributed by atoms with E-state index >= 15 is 0 Å². The average Bonchev–Trinajstić information content (AvgIpc) is 2.61. The van der Waals surface area contributed by atoms with Crippen LogP contribution < -0.4 is 5.73 Å². The van der Waals surface area contributed by atoms with Crippen molar-refractivity contribution in [1.29, 1.82) is 5.26 Å². The van der Waals surface area contributed by atoms with Gasteiger partial charge in [0.25, 0.3) is 0 Å². The lowest BCUT2D eigenvalue weighted by Gasteiger charge is -2.25. The minimum atomic E-state index is -0.280. The molecule has 0 aromatic heterocycles. The molecule has 0 aliphatic heterocycles. The SMILES string of the molecule is CN(CCC#N)C(=O)CC1(N)CCCC1. The van der Waals surface area contributed by atoms with Crippen molar-refractivity contribution in [2.45, 2.75) is 44.1 Å². The van der Waals surface area contributed by atoms with Crippen molar-refractivity contribution >= 4 is 5.91 Å². The van der Waals surface area contributed by atoms with Crippen LogP contribution in [0.4, 0.5) is 0 Å². The maximum atomic E-state index is 11.7. The molecule has 0 aromatic rings. The molecule has 15 heavy (non-hydrogen) atoms. The molecule has 1 rings (SSSR count). The third-order valence-corrected chi connectivity index (χ3v) is 3.09. The largest absolute Gasteiger partial charge is 0.345 e. The fourth-order valence-electron chi connectivity index (χ4n) is 2.03. The Morgan fingerprint density at radius 2 is 2.13 bits per heavy atom. The Kier molecular flexibility index (Phi) is 4.10. The van der Waals surface area contributed by atoms with Crippen LogP contribution in [-0.2, 0) is 4.79 Å². The molecule has 4 heteroatoms. The number of hydrogen-bond donors (Lipinski definition) is 1. The summed E-state index contributed by atoms with van der Waals surface area (Å²) in [6, 6.07) is 2.03. The van der Waals surface area contributed by atoms with E-state index in [-0.39, 0.29) is 11.4 Å². The van der Waals surface area contributed by atoms with E-state index < -0.39 is 0 Å². The van der Waals surface area contributed by atoms with Gasteiger partial charge >= 0.3 is 0 Å².